The molecule has 0 aliphatic carbocycles. The van der Waals surface area contributed by atoms with E-state index < -0.39 is 0 Å². The number of halogens is 3. The number of hydrogen-bond acceptors (Lipinski definition) is 2. The molecule has 0 unspecified atom stereocenters. The third kappa shape index (κ3) is 4.70. The van der Waals surface area contributed by atoms with Crippen LogP contribution in [0.1, 0.15) is 19.4 Å². The predicted molar refractivity (Wildman–Crippen MR) is 91.0 cm³/mol. The first-order valence-electron chi connectivity index (χ1n) is 6.59. The molecule has 0 radical (unpaired) electrons. The van der Waals surface area contributed by atoms with E-state index in [9.17, 15) is 0 Å². The largest absolute Gasteiger partial charge is 0.489 e. The highest BCUT2D eigenvalue weighted by Gasteiger charge is 2.06. The Morgan fingerprint density at radius 2 is 1.76 bits per heavy atom. The first kappa shape index (κ1) is 16.3. The van der Waals surface area contributed by atoms with E-state index in [0.29, 0.717) is 27.4 Å². The maximum absolute atomic E-state index is 6.20. The molecule has 0 aliphatic rings. The van der Waals surface area contributed by atoms with Gasteiger partial charge in [-0.2, -0.15) is 0 Å². The highest BCUT2D eigenvalue weighted by molar-refractivity contribution is 6.35. The number of anilines is 1. The molecule has 0 atom stereocenters. The van der Waals surface area contributed by atoms with Crippen LogP contribution in [-0.2, 0) is 6.54 Å². The minimum Gasteiger partial charge on any atom is -0.489 e. The zero-order valence-electron chi connectivity index (χ0n) is 11.8. The van der Waals surface area contributed by atoms with E-state index in [1.54, 1.807) is 6.07 Å². The summed E-state index contributed by atoms with van der Waals surface area (Å²) in [7, 11) is 0. The summed E-state index contributed by atoms with van der Waals surface area (Å²) in [6, 6.07) is 11.1. The molecule has 2 nitrogen and oxygen atoms in total. The van der Waals surface area contributed by atoms with Crippen molar-refractivity contribution >= 4 is 40.5 Å². The van der Waals surface area contributed by atoms with Crippen LogP contribution in [0.4, 0.5) is 5.69 Å². The number of ether oxygens (including phenoxy) is 1. The van der Waals surface area contributed by atoms with Gasteiger partial charge in [0.25, 0.3) is 0 Å². The van der Waals surface area contributed by atoms with Crippen LogP contribution in [0, 0.1) is 0 Å². The van der Waals surface area contributed by atoms with Gasteiger partial charge >= 0.3 is 0 Å². The third-order valence-electron chi connectivity index (χ3n) is 2.79. The minimum absolute atomic E-state index is 0.0918. The summed E-state index contributed by atoms with van der Waals surface area (Å²) in [5.41, 5.74) is 1.88. The Kier molecular flexibility index (Phi) is 5.63. The van der Waals surface area contributed by atoms with Crippen molar-refractivity contribution in [3.05, 3.63) is 57.0 Å². The van der Waals surface area contributed by atoms with E-state index in [0.717, 1.165) is 11.3 Å². The molecule has 2 aromatic rings. The zero-order chi connectivity index (χ0) is 15.4. The molecule has 2 aromatic carbocycles. The van der Waals surface area contributed by atoms with Crippen molar-refractivity contribution < 1.29 is 4.74 Å². The maximum atomic E-state index is 6.20. The Morgan fingerprint density at radius 3 is 2.38 bits per heavy atom. The van der Waals surface area contributed by atoms with Gasteiger partial charge in [-0.05, 0) is 49.7 Å². The number of hydrogen-bond donors (Lipinski definition) is 1. The highest BCUT2D eigenvalue weighted by atomic mass is 35.5. The number of benzene rings is 2. The summed E-state index contributed by atoms with van der Waals surface area (Å²) >= 11 is 18.2. The lowest BCUT2D eigenvalue weighted by molar-refractivity contribution is 0.242. The van der Waals surface area contributed by atoms with E-state index in [1.807, 2.05) is 44.2 Å². The lowest BCUT2D eigenvalue weighted by Crippen LogP contribution is -2.06. The van der Waals surface area contributed by atoms with E-state index in [1.165, 1.54) is 0 Å². The van der Waals surface area contributed by atoms with Crippen molar-refractivity contribution in [1.29, 1.82) is 0 Å². The molecule has 1 N–H and O–H groups in total. The van der Waals surface area contributed by atoms with Crippen molar-refractivity contribution in [2.75, 3.05) is 5.32 Å². The summed E-state index contributed by atoms with van der Waals surface area (Å²) in [6.45, 7) is 4.52. The van der Waals surface area contributed by atoms with Gasteiger partial charge in [-0.15, -0.1) is 0 Å². The van der Waals surface area contributed by atoms with Crippen molar-refractivity contribution in [1.82, 2.24) is 0 Å². The van der Waals surface area contributed by atoms with Gasteiger partial charge in [-0.1, -0.05) is 40.9 Å². The van der Waals surface area contributed by atoms with Gasteiger partial charge in [0.2, 0.25) is 0 Å². The Labute approximate surface area is 140 Å². The number of nitrogens with one attached hydrogen (secondary N) is 1. The van der Waals surface area contributed by atoms with E-state index >= 15 is 0 Å². The van der Waals surface area contributed by atoms with Crippen molar-refractivity contribution in [3.63, 3.8) is 0 Å². The molecule has 0 saturated carbocycles. The van der Waals surface area contributed by atoms with Gasteiger partial charge in [0, 0.05) is 22.3 Å². The molecule has 0 saturated heterocycles. The summed E-state index contributed by atoms with van der Waals surface area (Å²) in [4.78, 5) is 0. The second-order valence-electron chi connectivity index (χ2n) is 4.90. The molecular weight excluding hydrogens is 329 g/mol. The second kappa shape index (κ2) is 7.26. The standard InChI is InChI=1S/C16H16Cl3NO/c1-10(2)21-16-6-5-13(8-15(16)19)20-9-11-3-4-12(17)7-14(11)18/h3-8,10,20H,9H2,1-2H3. The molecule has 0 aromatic heterocycles. The molecular formula is C16H16Cl3NO. The highest BCUT2D eigenvalue weighted by Crippen LogP contribution is 2.29. The summed E-state index contributed by atoms with van der Waals surface area (Å²) in [5.74, 6) is 0.682. The Morgan fingerprint density at radius 1 is 1.00 bits per heavy atom. The Balaban J connectivity index is 2.05. The van der Waals surface area contributed by atoms with Gasteiger partial charge in [0.1, 0.15) is 5.75 Å². The van der Waals surface area contributed by atoms with Crippen LogP contribution in [-0.4, -0.2) is 6.10 Å². The second-order valence-corrected chi connectivity index (χ2v) is 6.15. The van der Waals surface area contributed by atoms with E-state index in [2.05, 4.69) is 5.32 Å². The van der Waals surface area contributed by atoms with Crippen LogP contribution in [0.5, 0.6) is 5.75 Å². The smallest absolute Gasteiger partial charge is 0.138 e. The maximum Gasteiger partial charge on any atom is 0.138 e. The summed E-state index contributed by atoms with van der Waals surface area (Å²) < 4.78 is 5.60. The van der Waals surface area contributed by atoms with Gasteiger partial charge < -0.3 is 10.1 Å². The van der Waals surface area contributed by atoms with Gasteiger partial charge in [0.05, 0.1) is 11.1 Å². The molecule has 5 heteroatoms. The Hall–Kier alpha value is -1.09. The summed E-state index contributed by atoms with van der Waals surface area (Å²) in [6.07, 6.45) is 0.0918. The molecule has 112 valence electrons. The third-order valence-corrected chi connectivity index (χ3v) is 3.67. The van der Waals surface area contributed by atoms with E-state index in [-0.39, 0.29) is 6.10 Å². The van der Waals surface area contributed by atoms with Crippen molar-refractivity contribution in [2.24, 2.45) is 0 Å². The molecule has 21 heavy (non-hydrogen) atoms. The fourth-order valence-corrected chi connectivity index (χ4v) is 2.52. The van der Waals surface area contributed by atoms with Crippen LogP contribution < -0.4 is 10.1 Å². The topological polar surface area (TPSA) is 21.3 Å². The number of rotatable bonds is 5. The lowest BCUT2D eigenvalue weighted by Gasteiger charge is -2.13. The van der Waals surface area contributed by atoms with Crippen LogP contribution in [0.3, 0.4) is 0 Å². The van der Waals surface area contributed by atoms with E-state index in [4.69, 9.17) is 39.5 Å². The van der Waals surface area contributed by atoms with Crippen LogP contribution in [0.15, 0.2) is 36.4 Å². The average molecular weight is 345 g/mol. The van der Waals surface area contributed by atoms with Crippen LogP contribution >= 0.6 is 34.8 Å². The first-order valence-corrected chi connectivity index (χ1v) is 7.73. The quantitative estimate of drug-likeness (QED) is 0.713. The Bertz CT molecular complexity index is 629. The van der Waals surface area contributed by atoms with Gasteiger partial charge in [-0.3, -0.25) is 0 Å². The minimum atomic E-state index is 0.0918. The first-order chi connectivity index (χ1) is 9.95. The molecule has 2 rings (SSSR count). The SMILES string of the molecule is CC(C)Oc1ccc(NCc2ccc(Cl)cc2Cl)cc1Cl. The zero-order valence-corrected chi connectivity index (χ0v) is 14.1. The monoisotopic (exact) mass is 343 g/mol. The molecule has 0 fully saturated rings. The molecule has 0 bridgehead atoms. The van der Waals surface area contributed by atoms with Gasteiger partial charge in [-0.25, -0.2) is 0 Å². The molecule has 0 spiro atoms. The molecule has 0 heterocycles. The van der Waals surface area contributed by atoms with Crippen molar-refractivity contribution in [3.8, 4) is 5.75 Å². The van der Waals surface area contributed by atoms with Crippen LogP contribution in [0.2, 0.25) is 15.1 Å². The average Bonchev–Trinajstić information content (AvgIpc) is 2.40. The van der Waals surface area contributed by atoms with Crippen LogP contribution in [0.25, 0.3) is 0 Å². The molecule has 0 amide bonds. The van der Waals surface area contributed by atoms with Crippen molar-refractivity contribution in [2.45, 2.75) is 26.5 Å². The predicted octanol–water partition coefficient (Wildman–Crippen LogP) is 6.05. The van der Waals surface area contributed by atoms with Gasteiger partial charge in [0.15, 0.2) is 0 Å². The summed E-state index contributed by atoms with van der Waals surface area (Å²) in [5, 5.41) is 5.12. The normalized spacial score (nSPS) is 10.8. The molecule has 0 aliphatic heterocycles. The fraction of sp³-hybridized carbons (Fsp3) is 0.250. The fourth-order valence-electron chi connectivity index (χ4n) is 1.82. The lowest BCUT2D eigenvalue weighted by atomic mass is 10.2.